The summed E-state index contributed by atoms with van der Waals surface area (Å²) in [4.78, 5) is 10.8. The van der Waals surface area contributed by atoms with Crippen LogP contribution in [0.2, 0.25) is 0 Å². The number of ketones is 1. The second-order valence-corrected chi connectivity index (χ2v) is 8.19. The number of Topliss-reactive ketones (excluding diaryl/α,β-unsaturated/α-hetero) is 1. The molecule has 34 heavy (non-hydrogen) atoms. The van der Waals surface area contributed by atoms with Crippen molar-refractivity contribution >= 4 is 5.78 Å². The maximum absolute atomic E-state index is 10.8. The Hall–Kier alpha value is -2.81. The predicted octanol–water partition coefficient (Wildman–Crippen LogP) is 9.02. The smallest absolute Gasteiger partial charge is 0.156 e. The summed E-state index contributed by atoms with van der Waals surface area (Å²) in [6, 6.07) is 7.09. The van der Waals surface area contributed by atoms with E-state index in [1.807, 2.05) is 57.3 Å². The number of phenolic OH excluding ortho intramolecular Hbond substituents is 1. The van der Waals surface area contributed by atoms with Gasteiger partial charge in [0.15, 0.2) is 5.78 Å². The molecule has 0 spiro atoms. The fourth-order valence-corrected chi connectivity index (χ4v) is 1.98. The first-order valence-corrected chi connectivity index (χ1v) is 12.4. The van der Waals surface area contributed by atoms with Crippen LogP contribution in [0, 0.1) is 6.92 Å². The molecule has 3 heteroatoms. The average Bonchev–Trinajstić information content (AvgIpc) is 3.27. The first-order chi connectivity index (χ1) is 16.0. The van der Waals surface area contributed by atoms with Gasteiger partial charge >= 0.3 is 0 Å². The molecule has 0 aliphatic heterocycles. The van der Waals surface area contributed by atoms with Crippen LogP contribution >= 0.6 is 0 Å². The summed E-state index contributed by atoms with van der Waals surface area (Å²) in [7, 11) is 1.86. The van der Waals surface area contributed by atoms with Crippen molar-refractivity contribution in [3.05, 3.63) is 89.2 Å². The predicted molar refractivity (Wildman–Crippen MR) is 153 cm³/mol. The van der Waals surface area contributed by atoms with Crippen LogP contribution in [0.5, 0.6) is 5.75 Å². The lowest BCUT2D eigenvalue weighted by atomic mass is 10.1. The van der Waals surface area contributed by atoms with Gasteiger partial charge in [-0.25, -0.2) is 0 Å². The number of carbonyl (C=O) groups is 1. The monoisotopic (exact) mass is 469 g/mol. The van der Waals surface area contributed by atoms with Gasteiger partial charge in [-0.2, -0.15) is 0 Å². The molecule has 0 radical (unpaired) electrons. The molecular weight excluding hydrogens is 418 g/mol. The Morgan fingerprint density at radius 1 is 1.00 bits per heavy atom. The number of hydrogen-bond donors (Lipinski definition) is 2. The minimum Gasteiger partial charge on any atom is -0.508 e. The lowest BCUT2D eigenvalue weighted by Gasteiger charge is -1.99. The highest BCUT2D eigenvalue weighted by Gasteiger charge is 2.09. The number of allylic oxidation sites excluding steroid dienone is 8. The molecule has 1 aromatic carbocycles. The molecule has 3 nitrogen and oxygen atoms in total. The Labute approximate surface area is 211 Å². The summed E-state index contributed by atoms with van der Waals surface area (Å²) in [5.41, 5.74) is 5.68. The van der Waals surface area contributed by atoms with Crippen molar-refractivity contribution in [3.8, 4) is 5.75 Å². The summed E-state index contributed by atoms with van der Waals surface area (Å²) in [5.74, 6) is 0.497. The number of carbonyl (C=O) groups excluding carboxylic acids is 1. The van der Waals surface area contributed by atoms with Crippen molar-refractivity contribution in [1.82, 2.24) is 5.32 Å². The Morgan fingerprint density at radius 2 is 1.50 bits per heavy atom. The van der Waals surface area contributed by atoms with Gasteiger partial charge in [-0.3, -0.25) is 4.79 Å². The van der Waals surface area contributed by atoms with Gasteiger partial charge in [-0.1, -0.05) is 107 Å². The minimum atomic E-state index is 0.168. The van der Waals surface area contributed by atoms with Crippen molar-refractivity contribution in [2.24, 2.45) is 0 Å². The topological polar surface area (TPSA) is 49.3 Å². The Kier molecular flexibility index (Phi) is 26.1. The van der Waals surface area contributed by atoms with E-state index >= 15 is 0 Å². The molecule has 0 aromatic heterocycles. The Morgan fingerprint density at radius 3 is 1.79 bits per heavy atom. The van der Waals surface area contributed by atoms with Crippen molar-refractivity contribution in [2.75, 3.05) is 7.05 Å². The molecular formula is C31H51NO2. The molecule has 2 rings (SSSR count). The maximum Gasteiger partial charge on any atom is 0.156 e. The first-order valence-electron chi connectivity index (χ1n) is 12.4. The number of nitrogens with one attached hydrogen (secondary N) is 1. The normalized spacial score (nSPS) is 11.6. The van der Waals surface area contributed by atoms with E-state index in [1.165, 1.54) is 24.0 Å². The third-order valence-corrected chi connectivity index (χ3v) is 3.99. The Bertz CT molecular complexity index is 747. The van der Waals surface area contributed by atoms with E-state index in [4.69, 9.17) is 5.11 Å². The standard InChI is InChI=1S/C10H16.C8H11NO.C7H8O.2C3H8/c1-5-10(4)8-6-7-9(2)3;1-6(10)7-3-4-8(5-7)9-2;1-6-2-4-7(8)5-3-6;2*1-3-2/h6-8H,2,5H2,1,3-4H3;3-4,9H,5H2,1-2H3;2-5,8H,1H3;2*3H2,1-2H3/b7-6-,10-8+;;;;. The molecule has 1 aromatic rings. The van der Waals surface area contributed by atoms with E-state index in [0.29, 0.717) is 5.75 Å². The van der Waals surface area contributed by atoms with Crippen LogP contribution in [0.15, 0.2) is 83.6 Å². The van der Waals surface area contributed by atoms with Crippen LogP contribution in [0.3, 0.4) is 0 Å². The highest BCUT2D eigenvalue weighted by atomic mass is 16.3. The highest BCUT2D eigenvalue weighted by molar-refractivity contribution is 5.94. The van der Waals surface area contributed by atoms with E-state index in [-0.39, 0.29) is 5.78 Å². The van der Waals surface area contributed by atoms with E-state index in [1.54, 1.807) is 19.1 Å². The number of phenols is 1. The van der Waals surface area contributed by atoms with Crippen LogP contribution in [0.1, 0.15) is 86.6 Å². The van der Waals surface area contributed by atoms with Crippen LogP contribution < -0.4 is 5.32 Å². The van der Waals surface area contributed by atoms with E-state index < -0.39 is 0 Å². The molecule has 1 aliphatic carbocycles. The third kappa shape index (κ3) is 25.5. The maximum atomic E-state index is 10.8. The second-order valence-electron chi connectivity index (χ2n) is 8.19. The minimum absolute atomic E-state index is 0.168. The van der Waals surface area contributed by atoms with Crippen LogP contribution in [-0.4, -0.2) is 17.9 Å². The first kappa shape index (κ1) is 35.8. The molecule has 0 atom stereocenters. The molecule has 0 heterocycles. The van der Waals surface area contributed by atoms with Crippen molar-refractivity contribution in [3.63, 3.8) is 0 Å². The SMILES string of the molecule is C=C(C)/C=C\C=C(/C)CC.CCC.CCC.CNC1=CC=C(C(C)=O)C1.Cc1ccc(O)cc1. The average molecular weight is 470 g/mol. The highest BCUT2D eigenvalue weighted by Crippen LogP contribution is 2.16. The van der Waals surface area contributed by atoms with Gasteiger partial charge in [0.1, 0.15) is 5.75 Å². The summed E-state index contributed by atoms with van der Waals surface area (Å²) >= 11 is 0. The molecule has 0 fully saturated rings. The van der Waals surface area contributed by atoms with Crippen LogP contribution in [-0.2, 0) is 4.79 Å². The zero-order chi connectivity index (χ0) is 26.9. The molecule has 0 saturated heterocycles. The summed E-state index contributed by atoms with van der Waals surface area (Å²) < 4.78 is 0. The summed E-state index contributed by atoms with van der Waals surface area (Å²) in [5, 5.41) is 11.8. The zero-order valence-electron chi connectivity index (χ0n) is 23.6. The molecule has 0 unspecified atom stereocenters. The third-order valence-electron chi connectivity index (χ3n) is 3.99. The summed E-state index contributed by atoms with van der Waals surface area (Å²) in [6.07, 6.45) is 14.4. The van der Waals surface area contributed by atoms with Gasteiger partial charge in [0.05, 0.1) is 0 Å². The van der Waals surface area contributed by atoms with Crippen molar-refractivity contribution < 1.29 is 9.90 Å². The Balaban J connectivity index is -0.000000381. The lowest BCUT2D eigenvalue weighted by Crippen LogP contribution is -2.05. The van der Waals surface area contributed by atoms with Gasteiger partial charge < -0.3 is 10.4 Å². The van der Waals surface area contributed by atoms with E-state index in [2.05, 4.69) is 59.5 Å². The second kappa shape index (κ2) is 24.8. The van der Waals surface area contributed by atoms with Gasteiger partial charge in [-0.05, 0) is 52.3 Å². The number of aryl methyl sites for hydroxylation is 1. The zero-order valence-corrected chi connectivity index (χ0v) is 23.6. The van der Waals surface area contributed by atoms with Crippen LogP contribution in [0.4, 0.5) is 0 Å². The molecule has 192 valence electrons. The van der Waals surface area contributed by atoms with E-state index in [0.717, 1.165) is 29.7 Å². The quantitative estimate of drug-likeness (QED) is 0.423. The molecule has 1 aliphatic rings. The summed E-state index contributed by atoms with van der Waals surface area (Å²) in [6.45, 7) is 22.1. The van der Waals surface area contributed by atoms with E-state index in [9.17, 15) is 4.79 Å². The molecule has 0 amide bonds. The van der Waals surface area contributed by atoms with Gasteiger partial charge in [0.2, 0.25) is 0 Å². The van der Waals surface area contributed by atoms with Crippen LogP contribution in [0.25, 0.3) is 0 Å². The molecule has 0 saturated carbocycles. The van der Waals surface area contributed by atoms with Crippen molar-refractivity contribution in [2.45, 2.75) is 88.0 Å². The number of hydrogen-bond acceptors (Lipinski definition) is 3. The fourth-order valence-electron chi connectivity index (χ4n) is 1.98. The van der Waals surface area contributed by atoms with Crippen molar-refractivity contribution in [1.29, 1.82) is 0 Å². The largest absolute Gasteiger partial charge is 0.508 e. The van der Waals surface area contributed by atoms with Gasteiger partial charge in [-0.15, -0.1) is 0 Å². The number of benzene rings is 1. The van der Waals surface area contributed by atoms with Gasteiger partial charge in [0.25, 0.3) is 0 Å². The fraction of sp³-hybridized carbons (Fsp3) is 0.452. The lowest BCUT2D eigenvalue weighted by molar-refractivity contribution is -0.113. The molecule has 0 bridgehead atoms. The number of aromatic hydroxyl groups is 1. The van der Waals surface area contributed by atoms with Gasteiger partial charge in [0, 0.05) is 24.7 Å². The number of rotatable bonds is 5. The molecule has 2 N–H and O–H groups in total.